The van der Waals surface area contributed by atoms with Gasteiger partial charge in [-0.1, -0.05) is 23.5 Å². The van der Waals surface area contributed by atoms with Crippen LogP contribution >= 0.6 is 11.3 Å². The molecule has 1 aromatic carbocycles. The zero-order valence-corrected chi connectivity index (χ0v) is 13.6. The average Bonchev–Trinajstić information content (AvgIpc) is 3.27. The fourth-order valence-electron chi connectivity index (χ4n) is 2.32. The van der Waals surface area contributed by atoms with Crippen molar-refractivity contribution in [2.24, 2.45) is 0 Å². The van der Waals surface area contributed by atoms with Gasteiger partial charge in [0.05, 0.1) is 0 Å². The molecule has 126 valence electrons. The van der Waals surface area contributed by atoms with Crippen LogP contribution in [0, 0.1) is 0 Å². The van der Waals surface area contributed by atoms with E-state index < -0.39 is 0 Å². The van der Waals surface area contributed by atoms with Crippen molar-refractivity contribution in [1.82, 2.24) is 15.5 Å². The molecule has 1 aliphatic heterocycles. The molecule has 2 aromatic rings. The van der Waals surface area contributed by atoms with Crippen LogP contribution in [0.3, 0.4) is 0 Å². The summed E-state index contributed by atoms with van der Waals surface area (Å²) in [6, 6.07) is 6.95. The van der Waals surface area contributed by atoms with E-state index in [1.54, 1.807) is 6.07 Å². The van der Waals surface area contributed by atoms with E-state index in [9.17, 15) is 9.59 Å². The summed E-state index contributed by atoms with van der Waals surface area (Å²) in [4.78, 5) is 23.8. The molecule has 3 rings (SSSR count). The molecule has 8 nitrogen and oxygen atoms in total. The van der Waals surface area contributed by atoms with Crippen LogP contribution in [0.4, 0.5) is 15.6 Å². The number of ether oxygens (including phenoxy) is 1. The van der Waals surface area contributed by atoms with E-state index in [1.807, 2.05) is 18.2 Å². The van der Waals surface area contributed by atoms with Crippen LogP contribution in [0.2, 0.25) is 0 Å². The van der Waals surface area contributed by atoms with Gasteiger partial charge < -0.3 is 15.4 Å². The number of carbonyl (C=O) groups excluding carboxylic acids is 2. The lowest BCUT2D eigenvalue weighted by atomic mass is 10.2. The van der Waals surface area contributed by atoms with Crippen molar-refractivity contribution in [2.45, 2.75) is 25.5 Å². The summed E-state index contributed by atoms with van der Waals surface area (Å²) < 4.78 is 5.36. The summed E-state index contributed by atoms with van der Waals surface area (Å²) in [5.41, 5.74) is 3.09. The summed E-state index contributed by atoms with van der Waals surface area (Å²) >= 11 is 1.24. The van der Waals surface area contributed by atoms with Gasteiger partial charge in [0.15, 0.2) is 0 Å². The second-order valence-electron chi connectivity index (χ2n) is 5.24. The molecule has 9 heteroatoms. The summed E-state index contributed by atoms with van der Waals surface area (Å²) in [5.74, 6) is -0.133. The molecule has 1 saturated heterocycles. The van der Waals surface area contributed by atoms with Crippen molar-refractivity contribution in [2.75, 3.05) is 17.2 Å². The summed E-state index contributed by atoms with van der Waals surface area (Å²) in [5, 5.41) is 16.0. The van der Waals surface area contributed by atoms with Crippen LogP contribution < -0.4 is 16.0 Å². The summed E-state index contributed by atoms with van der Waals surface area (Å²) in [6.07, 6.45) is 1.29. The Morgan fingerprint density at radius 2 is 2.25 bits per heavy atom. The van der Waals surface area contributed by atoms with Crippen molar-refractivity contribution < 1.29 is 14.3 Å². The first kappa shape index (κ1) is 16.3. The number of hydrogen-bond donors (Lipinski definition) is 3. The maximum absolute atomic E-state index is 12.0. The first-order valence-corrected chi connectivity index (χ1v) is 8.41. The molecule has 1 aliphatic rings. The topological polar surface area (TPSA) is 105 Å². The fraction of sp³-hybridized carbons (Fsp3) is 0.333. The average molecular weight is 347 g/mol. The van der Waals surface area contributed by atoms with E-state index in [1.165, 1.54) is 16.8 Å². The first-order valence-electron chi connectivity index (χ1n) is 7.53. The zero-order valence-electron chi connectivity index (χ0n) is 12.8. The number of hydrogen-bond acceptors (Lipinski definition) is 6. The molecule has 0 aliphatic carbocycles. The molecule has 1 fully saturated rings. The minimum atomic E-state index is -0.371. The summed E-state index contributed by atoms with van der Waals surface area (Å²) in [6.45, 7) is 0.958. The predicted molar refractivity (Wildman–Crippen MR) is 89.8 cm³/mol. The zero-order chi connectivity index (χ0) is 16.8. The third-order valence-corrected chi connectivity index (χ3v) is 4.06. The van der Waals surface area contributed by atoms with Crippen LogP contribution in [0.25, 0.3) is 0 Å². The van der Waals surface area contributed by atoms with Crippen LogP contribution in [0.1, 0.15) is 18.4 Å². The van der Waals surface area contributed by atoms with Gasteiger partial charge in [-0.05, 0) is 30.5 Å². The van der Waals surface area contributed by atoms with Crippen molar-refractivity contribution in [3.05, 3.63) is 35.3 Å². The Hall–Kier alpha value is -2.52. The normalized spacial score (nSPS) is 16.6. The minimum Gasteiger partial charge on any atom is -0.368 e. The van der Waals surface area contributed by atoms with E-state index in [0.717, 1.165) is 18.4 Å². The second kappa shape index (κ2) is 7.84. The standard InChI is InChI=1S/C15H17N5O3S/c21-13(12-5-2-6-23-12)18-11-4-1-3-10(7-11)8-16-14(22)19-15-20-17-9-24-15/h1,3-4,7,9,12H,2,5-6,8H2,(H,18,21)(H2,16,19,20,22). The van der Waals surface area contributed by atoms with Gasteiger partial charge in [-0.2, -0.15) is 0 Å². The molecular weight excluding hydrogens is 330 g/mol. The fourth-order valence-corrected chi connectivity index (χ4v) is 2.76. The maximum Gasteiger partial charge on any atom is 0.321 e. The highest BCUT2D eigenvalue weighted by atomic mass is 32.1. The van der Waals surface area contributed by atoms with Gasteiger partial charge in [-0.25, -0.2) is 4.79 Å². The van der Waals surface area contributed by atoms with Gasteiger partial charge >= 0.3 is 6.03 Å². The number of nitrogens with one attached hydrogen (secondary N) is 3. The van der Waals surface area contributed by atoms with E-state index in [-0.39, 0.29) is 18.0 Å². The van der Waals surface area contributed by atoms with Crippen molar-refractivity contribution in [3.8, 4) is 0 Å². The number of urea groups is 1. The smallest absolute Gasteiger partial charge is 0.321 e. The van der Waals surface area contributed by atoms with Crippen LogP contribution in [-0.2, 0) is 16.1 Å². The molecule has 0 radical (unpaired) electrons. The lowest BCUT2D eigenvalue weighted by Crippen LogP contribution is -2.28. The molecule has 1 aromatic heterocycles. The van der Waals surface area contributed by atoms with E-state index >= 15 is 0 Å². The molecule has 3 amide bonds. The van der Waals surface area contributed by atoms with Gasteiger partial charge in [0.1, 0.15) is 11.6 Å². The van der Waals surface area contributed by atoms with Gasteiger partial charge in [0.2, 0.25) is 5.13 Å². The molecule has 1 atom stereocenters. The Morgan fingerprint density at radius 3 is 3.00 bits per heavy atom. The Bertz CT molecular complexity index is 701. The van der Waals surface area contributed by atoms with Crippen molar-refractivity contribution >= 4 is 34.1 Å². The third-order valence-electron chi connectivity index (χ3n) is 3.45. The highest BCUT2D eigenvalue weighted by Gasteiger charge is 2.23. The molecule has 0 bridgehead atoms. The van der Waals surface area contributed by atoms with Crippen LogP contribution in [0.5, 0.6) is 0 Å². The molecule has 24 heavy (non-hydrogen) atoms. The number of carbonyl (C=O) groups is 2. The maximum atomic E-state index is 12.0. The van der Waals surface area contributed by atoms with Crippen LogP contribution in [-0.4, -0.2) is 34.8 Å². The number of benzene rings is 1. The van der Waals surface area contributed by atoms with Gasteiger partial charge in [-0.15, -0.1) is 10.2 Å². The molecule has 0 saturated carbocycles. The highest BCUT2D eigenvalue weighted by molar-refractivity contribution is 7.13. The summed E-state index contributed by atoms with van der Waals surface area (Å²) in [7, 11) is 0. The lowest BCUT2D eigenvalue weighted by Gasteiger charge is -2.11. The number of nitrogens with zero attached hydrogens (tertiary/aromatic N) is 2. The Morgan fingerprint density at radius 1 is 1.33 bits per heavy atom. The monoisotopic (exact) mass is 347 g/mol. The van der Waals surface area contributed by atoms with E-state index in [0.29, 0.717) is 24.0 Å². The largest absolute Gasteiger partial charge is 0.368 e. The number of aromatic nitrogens is 2. The molecular formula is C15H17N5O3S. The lowest BCUT2D eigenvalue weighted by molar-refractivity contribution is -0.124. The molecule has 0 spiro atoms. The van der Waals surface area contributed by atoms with Crippen molar-refractivity contribution in [3.63, 3.8) is 0 Å². The van der Waals surface area contributed by atoms with Crippen LogP contribution in [0.15, 0.2) is 29.8 Å². The number of amides is 3. The van der Waals surface area contributed by atoms with Crippen molar-refractivity contribution in [1.29, 1.82) is 0 Å². The SMILES string of the molecule is O=C(NCc1cccc(NC(=O)C2CCCO2)c1)Nc1nncs1. The predicted octanol–water partition coefficient (Wildman–Crippen LogP) is 1.98. The molecule has 1 unspecified atom stereocenters. The Kier molecular flexibility index (Phi) is 5.34. The number of anilines is 2. The van der Waals surface area contributed by atoms with E-state index in [2.05, 4.69) is 26.1 Å². The van der Waals surface area contributed by atoms with Gasteiger partial charge in [-0.3, -0.25) is 10.1 Å². The quantitative estimate of drug-likeness (QED) is 0.767. The minimum absolute atomic E-state index is 0.133. The third kappa shape index (κ3) is 4.49. The Labute approximate surface area is 142 Å². The van der Waals surface area contributed by atoms with Gasteiger partial charge in [0, 0.05) is 18.8 Å². The molecule has 2 heterocycles. The number of rotatable bonds is 5. The first-order chi connectivity index (χ1) is 11.7. The van der Waals surface area contributed by atoms with E-state index in [4.69, 9.17) is 4.74 Å². The Balaban J connectivity index is 1.51. The highest BCUT2D eigenvalue weighted by Crippen LogP contribution is 2.16. The second-order valence-corrected chi connectivity index (χ2v) is 6.08. The molecule has 3 N–H and O–H groups in total. The van der Waals surface area contributed by atoms with Gasteiger partial charge in [0.25, 0.3) is 5.91 Å².